The normalized spacial score (nSPS) is 10.8. The van der Waals surface area contributed by atoms with Crippen molar-refractivity contribution >= 4 is 28.7 Å². The fourth-order valence-electron chi connectivity index (χ4n) is 2.59. The van der Waals surface area contributed by atoms with Crippen LogP contribution < -0.4 is 14.9 Å². The Kier molecular flexibility index (Phi) is 7.94. The Morgan fingerprint density at radius 3 is 2.77 bits per heavy atom. The van der Waals surface area contributed by atoms with E-state index < -0.39 is 0 Å². The summed E-state index contributed by atoms with van der Waals surface area (Å²) >= 11 is 1.35. The molecule has 31 heavy (non-hydrogen) atoms. The Morgan fingerprint density at radius 2 is 2.03 bits per heavy atom. The number of halogens is 1. The van der Waals surface area contributed by atoms with Gasteiger partial charge in [-0.3, -0.25) is 10.2 Å². The second-order valence-electron chi connectivity index (χ2n) is 6.32. The zero-order valence-electron chi connectivity index (χ0n) is 17.1. The number of aromatic nitrogens is 1. The summed E-state index contributed by atoms with van der Waals surface area (Å²) in [7, 11) is 1.56. The van der Waals surface area contributed by atoms with Gasteiger partial charge in [0.1, 0.15) is 12.4 Å². The molecule has 162 valence electrons. The molecule has 2 aromatic carbocycles. The van der Waals surface area contributed by atoms with Crippen LogP contribution in [0, 0.1) is 5.82 Å². The van der Waals surface area contributed by atoms with E-state index in [1.807, 2.05) is 6.07 Å². The van der Waals surface area contributed by atoms with Gasteiger partial charge in [-0.05, 0) is 48.4 Å². The van der Waals surface area contributed by atoms with Crippen molar-refractivity contribution in [3.8, 4) is 11.5 Å². The van der Waals surface area contributed by atoms with E-state index >= 15 is 0 Å². The summed E-state index contributed by atoms with van der Waals surface area (Å²) < 4.78 is 29.1. The monoisotopic (exact) mass is 443 g/mol. The van der Waals surface area contributed by atoms with Crippen molar-refractivity contribution in [2.24, 2.45) is 5.10 Å². The fourth-order valence-corrected chi connectivity index (χ4v) is 3.25. The number of ether oxygens (including phenoxy) is 3. The summed E-state index contributed by atoms with van der Waals surface area (Å²) in [5.74, 6) is 0.520. The zero-order valence-corrected chi connectivity index (χ0v) is 17.9. The van der Waals surface area contributed by atoms with Crippen LogP contribution in [-0.4, -0.2) is 30.9 Å². The highest BCUT2D eigenvalue weighted by Gasteiger charge is 2.08. The molecule has 0 radical (unpaired) electrons. The molecule has 9 heteroatoms. The van der Waals surface area contributed by atoms with Gasteiger partial charge in [0.05, 0.1) is 32.0 Å². The van der Waals surface area contributed by atoms with Crippen LogP contribution >= 0.6 is 11.3 Å². The predicted molar refractivity (Wildman–Crippen MR) is 117 cm³/mol. The Labute approximate surface area is 183 Å². The topological polar surface area (TPSA) is 82.0 Å². The van der Waals surface area contributed by atoms with Gasteiger partial charge in [-0.2, -0.15) is 5.10 Å². The molecule has 1 heterocycles. The fraction of sp³-hybridized carbons (Fsp3) is 0.227. The first-order chi connectivity index (χ1) is 15.1. The van der Waals surface area contributed by atoms with E-state index in [1.165, 1.54) is 23.5 Å². The molecule has 0 aliphatic carbocycles. The van der Waals surface area contributed by atoms with Crippen LogP contribution in [-0.2, 0) is 22.6 Å². The minimum Gasteiger partial charge on any atom is -0.493 e. The number of thiazole rings is 1. The minimum atomic E-state index is -0.311. The van der Waals surface area contributed by atoms with Gasteiger partial charge in [0.2, 0.25) is 5.13 Å². The molecule has 0 atom stereocenters. The van der Waals surface area contributed by atoms with E-state index in [2.05, 4.69) is 15.5 Å². The first-order valence-electron chi connectivity index (χ1n) is 9.51. The van der Waals surface area contributed by atoms with E-state index in [-0.39, 0.29) is 24.8 Å². The molecule has 0 aliphatic rings. The minimum absolute atomic E-state index is 0.128. The number of rotatable bonds is 10. The Morgan fingerprint density at radius 1 is 1.23 bits per heavy atom. The number of carbonyl (C=O) groups is 1. The molecule has 0 saturated heterocycles. The molecule has 0 fully saturated rings. The summed E-state index contributed by atoms with van der Waals surface area (Å²) in [4.78, 5) is 15.8. The number of hydrazone groups is 1. The largest absolute Gasteiger partial charge is 0.493 e. The van der Waals surface area contributed by atoms with Gasteiger partial charge in [-0.1, -0.05) is 12.1 Å². The van der Waals surface area contributed by atoms with Crippen molar-refractivity contribution < 1.29 is 23.4 Å². The van der Waals surface area contributed by atoms with Gasteiger partial charge in [0.15, 0.2) is 11.5 Å². The lowest BCUT2D eigenvalue weighted by Gasteiger charge is -2.11. The highest BCUT2D eigenvalue weighted by molar-refractivity contribution is 7.13. The smallest absolute Gasteiger partial charge is 0.311 e. The van der Waals surface area contributed by atoms with Crippen molar-refractivity contribution in [3.05, 3.63) is 70.5 Å². The van der Waals surface area contributed by atoms with Gasteiger partial charge >= 0.3 is 5.97 Å². The van der Waals surface area contributed by atoms with Crippen LogP contribution in [0.2, 0.25) is 0 Å². The highest BCUT2D eigenvalue weighted by atomic mass is 32.1. The summed E-state index contributed by atoms with van der Waals surface area (Å²) in [6.45, 7) is 2.38. The predicted octanol–water partition coefficient (Wildman–Crippen LogP) is 4.42. The summed E-state index contributed by atoms with van der Waals surface area (Å²) in [5, 5.41) is 6.53. The molecule has 0 unspecified atom stereocenters. The van der Waals surface area contributed by atoms with Crippen LogP contribution in [0.5, 0.6) is 11.5 Å². The maximum absolute atomic E-state index is 13.0. The van der Waals surface area contributed by atoms with Crippen molar-refractivity contribution in [1.29, 1.82) is 0 Å². The lowest BCUT2D eigenvalue weighted by atomic mass is 10.2. The third-order valence-corrected chi connectivity index (χ3v) is 4.85. The Bertz CT molecular complexity index is 1040. The standard InChI is InChI=1S/C22H22FN3O4S/c1-3-29-21(27)11-18-14-31-22(25-18)26-24-12-16-6-9-19(28-2)20(10-16)30-13-15-4-7-17(23)8-5-15/h4-10,12,14H,3,11,13H2,1-2H3,(H,25,26). The SMILES string of the molecule is CCOC(=O)Cc1csc(NN=Cc2ccc(OC)c(OCc3ccc(F)cc3)c2)n1. The molecule has 0 bridgehead atoms. The average Bonchev–Trinajstić information content (AvgIpc) is 3.20. The van der Waals surface area contributed by atoms with Crippen LogP contribution in [0.4, 0.5) is 9.52 Å². The Balaban J connectivity index is 1.60. The molecule has 7 nitrogen and oxygen atoms in total. The number of anilines is 1. The lowest BCUT2D eigenvalue weighted by Crippen LogP contribution is -2.07. The number of carbonyl (C=O) groups excluding carboxylic acids is 1. The maximum Gasteiger partial charge on any atom is 0.311 e. The number of benzene rings is 2. The molecule has 3 rings (SSSR count). The van der Waals surface area contributed by atoms with Gasteiger partial charge < -0.3 is 14.2 Å². The van der Waals surface area contributed by atoms with Crippen LogP contribution in [0.25, 0.3) is 0 Å². The number of hydrogen-bond acceptors (Lipinski definition) is 8. The van der Waals surface area contributed by atoms with Crippen LogP contribution in [0.1, 0.15) is 23.7 Å². The van der Waals surface area contributed by atoms with Crippen molar-refractivity contribution in [2.45, 2.75) is 20.0 Å². The summed E-state index contributed by atoms with van der Waals surface area (Å²) in [5.41, 5.74) is 5.10. The van der Waals surface area contributed by atoms with Crippen LogP contribution in [0.15, 0.2) is 52.9 Å². The third-order valence-electron chi connectivity index (χ3n) is 4.05. The summed E-state index contributed by atoms with van der Waals surface area (Å²) in [6.07, 6.45) is 1.75. The van der Waals surface area contributed by atoms with E-state index in [0.717, 1.165) is 11.1 Å². The van der Waals surface area contributed by atoms with Gasteiger partial charge in [0.25, 0.3) is 0 Å². The molecule has 0 aliphatic heterocycles. The van der Waals surface area contributed by atoms with E-state index in [4.69, 9.17) is 14.2 Å². The van der Waals surface area contributed by atoms with Crippen molar-refractivity contribution in [2.75, 3.05) is 19.1 Å². The van der Waals surface area contributed by atoms with Crippen LogP contribution in [0.3, 0.4) is 0 Å². The molecule has 0 saturated carbocycles. The van der Waals surface area contributed by atoms with E-state index in [9.17, 15) is 9.18 Å². The first kappa shape index (κ1) is 22.2. The molecule has 0 amide bonds. The molecule has 0 spiro atoms. The molecule has 1 aromatic heterocycles. The Hall–Kier alpha value is -3.46. The quantitative estimate of drug-likeness (QED) is 0.284. The van der Waals surface area contributed by atoms with Crippen molar-refractivity contribution in [1.82, 2.24) is 4.98 Å². The number of methoxy groups -OCH3 is 1. The first-order valence-corrected chi connectivity index (χ1v) is 10.4. The number of esters is 1. The number of nitrogens with zero attached hydrogens (tertiary/aromatic N) is 2. The van der Waals surface area contributed by atoms with Gasteiger partial charge in [-0.15, -0.1) is 11.3 Å². The number of hydrogen-bond donors (Lipinski definition) is 1. The zero-order chi connectivity index (χ0) is 22.1. The molecular weight excluding hydrogens is 421 g/mol. The third kappa shape index (κ3) is 6.78. The molecule has 1 N–H and O–H groups in total. The van der Waals surface area contributed by atoms with Gasteiger partial charge in [-0.25, -0.2) is 9.37 Å². The van der Waals surface area contributed by atoms with Crippen molar-refractivity contribution in [3.63, 3.8) is 0 Å². The lowest BCUT2D eigenvalue weighted by molar-refractivity contribution is -0.142. The summed E-state index contributed by atoms with van der Waals surface area (Å²) in [6, 6.07) is 11.5. The van der Waals surface area contributed by atoms with E-state index in [1.54, 1.807) is 49.9 Å². The maximum atomic E-state index is 13.0. The average molecular weight is 444 g/mol. The molecule has 3 aromatic rings. The second-order valence-corrected chi connectivity index (χ2v) is 7.18. The molecular formula is C22H22FN3O4S. The highest BCUT2D eigenvalue weighted by Crippen LogP contribution is 2.28. The van der Waals surface area contributed by atoms with E-state index in [0.29, 0.717) is 28.9 Å². The number of nitrogens with one attached hydrogen (secondary N) is 1. The second kappa shape index (κ2) is 11.1. The van der Waals surface area contributed by atoms with Gasteiger partial charge in [0, 0.05) is 5.38 Å².